The molecule has 7 nitrogen and oxygen atoms in total. The van der Waals surface area contributed by atoms with E-state index >= 15 is 0 Å². The van der Waals surface area contributed by atoms with Gasteiger partial charge in [-0.3, -0.25) is 0 Å². The summed E-state index contributed by atoms with van der Waals surface area (Å²) in [5, 5.41) is 25.8. The first-order chi connectivity index (χ1) is 14.5. The lowest BCUT2D eigenvalue weighted by molar-refractivity contribution is -0.458. The molecule has 1 aliphatic carbocycles. The lowest BCUT2D eigenvalue weighted by Gasteiger charge is -2.30. The zero-order chi connectivity index (χ0) is 21.0. The molecule has 154 valence electrons. The van der Waals surface area contributed by atoms with Crippen molar-refractivity contribution in [2.75, 3.05) is 23.9 Å². The van der Waals surface area contributed by atoms with Crippen LogP contribution in [0.1, 0.15) is 0 Å². The normalized spacial score (nSPS) is 29.9. The average Bonchev–Trinajstić information content (AvgIpc) is 3.31. The van der Waals surface area contributed by atoms with E-state index in [1.54, 1.807) is 23.9 Å². The van der Waals surface area contributed by atoms with Gasteiger partial charge in [-0.15, -0.1) is 6.10 Å². The fourth-order valence-electron chi connectivity index (χ4n) is 4.16. The maximum atomic E-state index is 13.1. The minimum absolute atomic E-state index is 0.387. The van der Waals surface area contributed by atoms with Gasteiger partial charge in [-0.05, 0) is 42.3 Å². The zero-order valence-corrected chi connectivity index (χ0v) is 16.5. The van der Waals surface area contributed by atoms with Crippen molar-refractivity contribution in [2.45, 2.75) is 12.2 Å². The third-order valence-corrected chi connectivity index (χ3v) is 5.89. The summed E-state index contributed by atoms with van der Waals surface area (Å²) < 4.78 is 11.6. The van der Waals surface area contributed by atoms with E-state index in [1.165, 1.54) is 12.2 Å². The molecule has 0 spiro atoms. The van der Waals surface area contributed by atoms with E-state index in [1.807, 2.05) is 48.5 Å². The number of carbonyl (C=O) groups excluding carboxylic acids is 1. The monoisotopic (exact) mass is 404 g/mol. The molecule has 1 saturated carbocycles. The van der Waals surface area contributed by atoms with Crippen molar-refractivity contribution >= 4 is 17.2 Å². The van der Waals surface area contributed by atoms with Crippen molar-refractivity contribution in [3.63, 3.8) is 0 Å². The summed E-state index contributed by atoms with van der Waals surface area (Å²) >= 11 is 0. The number of hydrogen-bond acceptors (Lipinski definition) is 7. The number of hydrogen-bond donors (Lipinski definition) is 0. The van der Waals surface area contributed by atoms with E-state index < -0.39 is 29.8 Å². The van der Waals surface area contributed by atoms with Crippen LogP contribution in [-0.2, 0) is 4.79 Å². The zero-order valence-electron chi connectivity index (χ0n) is 16.5. The molecule has 3 aliphatic rings. The first kappa shape index (κ1) is 18.7. The second kappa shape index (κ2) is 6.90. The van der Waals surface area contributed by atoms with Gasteiger partial charge in [-0.2, -0.15) is 0 Å². The number of carbonyl (C=O) groups is 1. The number of fused-ring (bicyclic) bond motifs is 2. The predicted molar refractivity (Wildman–Crippen MR) is 107 cm³/mol. The Bertz CT molecular complexity index is 1080. The van der Waals surface area contributed by atoms with E-state index in [0.717, 1.165) is 11.4 Å². The molecule has 2 aliphatic heterocycles. The Balaban J connectivity index is 1.41. The standard InChI is InChI=1S/C23H20N2O5/c1-24-15-7-3-5-9-17(15)29-19(24)11-13-21(26)14(23(28)22(13)27)12-20-25(2)16-8-4-6-10-18(16)30-20/h3-14,21-22H,1-2H3/q-2/b19-11+,20-12+. The average molecular weight is 404 g/mol. The molecule has 4 unspecified atom stereocenters. The molecule has 5 rings (SSSR count). The number of nitrogens with zero attached hydrogens (tertiary/aromatic N) is 2. The van der Waals surface area contributed by atoms with Crippen LogP contribution >= 0.6 is 0 Å². The fraction of sp³-hybridized carbons (Fsp3) is 0.261. The third-order valence-electron chi connectivity index (χ3n) is 5.89. The molecule has 0 radical (unpaired) electrons. The van der Waals surface area contributed by atoms with Crippen molar-refractivity contribution in [3.8, 4) is 11.5 Å². The van der Waals surface area contributed by atoms with Gasteiger partial charge in [0, 0.05) is 20.0 Å². The molecule has 2 aromatic rings. The molecular weight excluding hydrogens is 384 g/mol. The van der Waals surface area contributed by atoms with E-state index in [-0.39, 0.29) is 0 Å². The maximum absolute atomic E-state index is 13.1. The Morgan fingerprint density at radius 1 is 0.833 bits per heavy atom. The quantitative estimate of drug-likeness (QED) is 0.738. The number of anilines is 2. The van der Waals surface area contributed by atoms with E-state index in [2.05, 4.69) is 0 Å². The highest BCUT2D eigenvalue weighted by Crippen LogP contribution is 2.41. The van der Waals surface area contributed by atoms with E-state index in [0.29, 0.717) is 23.3 Å². The molecule has 30 heavy (non-hydrogen) atoms. The molecule has 0 aromatic heterocycles. The Hall–Kier alpha value is -3.29. The Morgan fingerprint density at radius 2 is 1.33 bits per heavy atom. The molecule has 0 N–H and O–H groups in total. The second-order valence-electron chi connectivity index (χ2n) is 7.66. The van der Waals surface area contributed by atoms with Crippen molar-refractivity contribution < 1.29 is 24.5 Å². The highest BCUT2D eigenvalue weighted by molar-refractivity contribution is 5.90. The summed E-state index contributed by atoms with van der Waals surface area (Å²) in [5.41, 5.74) is 1.68. The van der Waals surface area contributed by atoms with Gasteiger partial charge in [0.25, 0.3) is 0 Å². The Labute approximate surface area is 174 Å². The van der Waals surface area contributed by atoms with Gasteiger partial charge >= 0.3 is 0 Å². The molecule has 1 fully saturated rings. The first-order valence-electron chi connectivity index (χ1n) is 9.76. The summed E-state index contributed by atoms with van der Waals surface area (Å²) in [7, 11) is 3.59. The van der Waals surface area contributed by atoms with Crippen LogP contribution in [0.5, 0.6) is 11.5 Å². The minimum atomic E-state index is -1.64. The summed E-state index contributed by atoms with van der Waals surface area (Å²) in [6.07, 6.45) is -0.0741. The summed E-state index contributed by atoms with van der Waals surface area (Å²) in [6.45, 7) is 0. The summed E-state index contributed by atoms with van der Waals surface area (Å²) in [4.78, 5) is 16.2. The van der Waals surface area contributed by atoms with Gasteiger partial charge < -0.3 is 34.3 Å². The SMILES string of the molecule is CN1/C(=C\C2C(=O)C([O-])C(/C=C3/Oc4ccccc4N3C)C2[O-])Oc2ccccc21. The van der Waals surface area contributed by atoms with Gasteiger partial charge in [-0.25, -0.2) is 0 Å². The van der Waals surface area contributed by atoms with Gasteiger partial charge in [0.05, 0.1) is 11.4 Å². The molecule has 2 aromatic carbocycles. The van der Waals surface area contributed by atoms with Crippen LogP contribution in [-0.4, -0.2) is 32.1 Å². The number of ketones is 1. The van der Waals surface area contributed by atoms with Gasteiger partial charge in [-0.1, -0.05) is 30.4 Å². The van der Waals surface area contributed by atoms with Crippen molar-refractivity contribution in [1.29, 1.82) is 0 Å². The first-order valence-corrected chi connectivity index (χ1v) is 9.76. The molecule has 4 atom stereocenters. The van der Waals surface area contributed by atoms with Crippen LogP contribution in [0.3, 0.4) is 0 Å². The lowest BCUT2D eigenvalue weighted by atomic mass is 9.99. The highest BCUT2D eigenvalue weighted by Gasteiger charge is 2.39. The second-order valence-corrected chi connectivity index (χ2v) is 7.66. The lowest BCUT2D eigenvalue weighted by Crippen LogP contribution is -2.40. The Morgan fingerprint density at radius 3 is 1.87 bits per heavy atom. The van der Waals surface area contributed by atoms with E-state index in [9.17, 15) is 15.0 Å². The molecule has 0 saturated heterocycles. The van der Waals surface area contributed by atoms with Crippen LogP contribution in [0, 0.1) is 11.8 Å². The predicted octanol–water partition coefficient (Wildman–Crippen LogP) is 1.000. The number of para-hydroxylation sites is 4. The van der Waals surface area contributed by atoms with E-state index in [4.69, 9.17) is 9.47 Å². The van der Waals surface area contributed by atoms with Crippen molar-refractivity contribution in [1.82, 2.24) is 0 Å². The van der Waals surface area contributed by atoms with Gasteiger partial charge in [0.2, 0.25) is 0 Å². The van der Waals surface area contributed by atoms with Gasteiger partial charge in [0.15, 0.2) is 23.3 Å². The Kier molecular flexibility index (Phi) is 4.30. The number of ether oxygens (including phenoxy) is 2. The molecule has 7 heteroatoms. The van der Waals surface area contributed by atoms with Crippen LogP contribution in [0.15, 0.2) is 72.4 Å². The fourth-order valence-corrected chi connectivity index (χ4v) is 4.16. The van der Waals surface area contributed by atoms with Crippen molar-refractivity contribution in [2.24, 2.45) is 11.8 Å². The van der Waals surface area contributed by atoms with Crippen molar-refractivity contribution in [3.05, 3.63) is 72.4 Å². The third kappa shape index (κ3) is 2.78. The van der Waals surface area contributed by atoms with Crippen LogP contribution in [0.25, 0.3) is 0 Å². The number of benzene rings is 2. The van der Waals surface area contributed by atoms with Crippen LogP contribution < -0.4 is 29.5 Å². The topological polar surface area (TPSA) is 88.1 Å². The minimum Gasteiger partial charge on any atom is -0.851 e. The summed E-state index contributed by atoms with van der Waals surface area (Å²) in [5.74, 6) is -0.609. The maximum Gasteiger partial charge on any atom is 0.197 e. The highest BCUT2D eigenvalue weighted by atomic mass is 16.5. The summed E-state index contributed by atoms with van der Waals surface area (Å²) in [6, 6.07) is 14.9. The number of Topliss-reactive ketones (excluding diaryl/α,β-unsaturated/α-hetero) is 1. The van der Waals surface area contributed by atoms with Crippen LogP contribution in [0.4, 0.5) is 11.4 Å². The smallest absolute Gasteiger partial charge is 0.197 e. The van der Waals surface area contributed by atoms with Crippen LogP contribution in [0.2, 0.25) is 0 Å². The molecule has 0 bridgehead atoms. The molecule has 2 heterocycles. The van der Waals surface area contributed by atoms with Gasteiger partial charge in [0.1, 0.15) is 5.78 Å². The molecule has 0 amide bonds. The number of rotatable bonds is 2. The largest absolute Gasteiger partial charge is 0.851 e. The molecular formula is C23H20N2O5-2.